The van der Waals surface area contributed by atoms with Crippen molar-refractivity contribution in [2.24, 2.45) is 0 Å². The predicted octanol–water partition coefficient (Wildman–Crippen LogP) is 3.88. The van der Waals surface area contributed by atoms with Crippen LogP contribution in [0.5, 0.6) is 5.75 Å². The molecule has 1 aliphatic heterocycles. The number of thiazole rings is 1. The number of nitrogens with zero attached hydrogens (tertiary/aromatic N) is 3. The van der Waals surface area contributed by atoms with Gasteiger partial charge in [0.15, 0.2) is 4.34 Å². The molecule has 1 amide bonds. The van der Waals surface area contributed by atoms with E-state index in [0.29, 0.717) is 31.1 Å². The Labute approximate surface area is 177 Å². The number of carbonyl (C=O) groups excluding carboxylic acids is 1. The second-order valence-electron chi connectivity index (χ2n) is 6.85. The highest BCUT2D eigenvalue weighted by molar-refractivity contribution is 8.01. The summed E-state index contributed by atoms with van der Waals surface area (Å²) in [6, 6.07) is 12.6. The summed E-state index contributed by atoms with van der Waals surface area (Å²) < 4.78 is 21.0. The lowest BCUT2D eigenvalue weighted by molar-refractivity contribution is -0.130. The molecule has 1 aromatic heterocycles. The van der Waals surface area contributed by atoms with Crippen molar-refractivity contribution in [2.45, 2.75) is 10.9 Å². The van der Waals surface area contributed by atoms with Crippen molar-refractivity contribution in [3.05, 3.63) is 53.8 Å². The van der Waals surface area contributed by atoms with Crippen LogP contribution in [0.2, 0.25) is 0 Å². The van der Waals surface area contributed by atoms with Gasteiger partial charge in [-0.25, -0.2) is 9.37 Å². The molecular weight excluding hydrogens is 409 g/mol. The van der Waals surface area contributed by atoms with Crippen LogP contribution >= 0.6 is 23.1 Å². The molecule has 3 aromatic rings. The summed E-state index contributed by atoms with van der Waals surface area (Å²) in [5.41, 5.74) is 1.81. The Bertz CT molecular complexity index is 970. The standard InChI is InChI=1S/C21H22FN3O2S2/c1-27-18-7-6-16(22)12-15(18)13-24-8-10-25(11-9-24)20(26)14-28-21-23-17-4-2-3-5-19(17)29-21/h2-7,12H,8-11,13-14H2,1H3. The molecule has 2 heterocycles. The molecule has 0 aliphatic carbocycles. The smallest absolute Gasteiger partial charge is 0.233 e. The van der Waals surface area contributed by atoms with Gasteiger partial charge in [0.05, 0.1) is 23.1 Å². The van der Waals surface area contributed by atoms with E-state index in [1.54, 1.807) is 24.5 Å². The molecule has 0 bridgehead atoms. The number of hydrogen-bond acceptors (Lipinski definition) is 6. The maximum absolute atomic E-state index is 13.6. The van der Waals surface area contributed by atoms with Crippen molar-refractivity contribution >= 4 is 39.2 Å². The van der Waals surface area contributed by atoms with Gasteiger partial charge in [0.1, 0.15) is 11.6 Å². The summed E-state index contributed by atoms with van der Waals surface area (Å²) >= 11 is 3.12. The first-order valence-corrected chi connectivity index (χ1v) is 11.2. The summed E-state index contributed by atoms with van der Waals surface area (Å²) in [6.45, 7) is 3.49. The molecule has 0 unspecified atom stereocenters. The first-order chi connectivity index (χ1) is 14.1. The molecule has 4 rings (SSSR count). The van der Waals surface area contributed by atoms with E-state index in [1.165, 1.54) is 23.9 Å². The van der Waals surface area contributed by atoms with Crippen LogP contribution < -0.4 is 4.74 Å². The average Bonchev–Trinajstić information content (AvgIpc) is 3.16. The number of para-hydroxylation sites is 1. The first-order valence-electron chi connectivity index (χ1n) is 9.43. The van der Waals surface area contributed by atoms with Gasteiger partial charge >= 0.3 is 0 Å². The van der Waals surface area contributed by atoms with Crippen molar-refractivity contribution < 1.29 is 13.9 Å². The van der Waals surface area contributed by atoms with Gasteiger partial charge in [-0.15, -0.1) is 11.3 Å². The normalized spacial score (nSPS) is 15.0. The lowest BCUT2D eigenvalue weighted by atomic mass is 10.1. The molecule has 8 heteroatoms. The molecule has 1 aliphatic rings. The maximum Gasteiger partial charge on any atom is 0.233 e. The molecule has 5 nitrogen and oxygen atoms in total. The highest BCUT2D eigenvalue weighted by atomic mass is 32.2. The van der Waals surface area contributed by atoms with Crippen molar-refractivity contribution in [2.75, 3.05) is 39.0 Å². The Kier molecular flexibility index (Phi) is 6.32. The monoisotopic (exact) mass is 431 g/mol. The minimum absolute atomic E-state index is 0.136. The Balaban J connectivity index is 1.28. The van der Waals surface area contributed by atoms with E-state index < -0.39 is 0 Å². The van der Waals surface area contributed by atoms with E-state index in [9.17, 15) is 9.18 Å². The van der Waals surface area contributed by atoms with Crippen LogP contribution in [0, 0.1) is 5.82 Å². The van der Waals surface area contributed by atoms with Gasteiger partial charge in [-0.05, 0) is 30.3 Å². The Morgan fingerprint density at radius 1 is 1.21 bits per heavy atom. The number of thioether (sulfide) groups is 1. The topological polar surface area (TPSA) is 45.7 Å². The highest BCUT2D eigenvalue weighted by Gasteiger charge is 2.22. The zero-order valence-corrected chi connectivity index (χ0v) is 17.8. The predicted molar refractivity (Wildman–Crippen MR) is 115 cm³/mol. The lowest BCUT2D eigenvalue weighted by Crippen LogP contribution is -2.48. The largest absolute Gasteiger partial charge is 0.496 e. The molecule has 1 saturated heterocycles. The molecule has 1 fully saturated rings. The highest BCUT2D eigenvalue weighted by Crippen LogP contribution is 2.29. The fourth-order valence-electron chi connectivity index (χ4n) is 3.39. The third kappa shape index (κ3) is 4.88. The molecule has 2 aromatic carbocycles. The molecule has 0 atom stereocenters. The minimum atomic E-state index is -0.263. The van der Waals surface area contributed by atoms with Gasteiger partial charge < -0.3 is 9.64 Å². The number of amides is 1. The minimum Gasteiger partial charge on any atom is -0.496 e. The van der Waals surface area contributed by atoms with Gasteiger partial charge in [0, 0.05) is 38.3 Å². The van der Waals surface area contributed by atoms with Gasteiger partial charge in [0.2, 0.25) is 5.91 Å². The van der Waals surface area contributed by atoms with Gasteiger partial charge in [-0.1, -0.05) is 23.9 Å². The number of methoxy groups -OCH3 is 1. The summed E-state index contributed by atoms with van der Waals surface area (Å²) in [4.78, 5) is 21.3. The summed E-state index contributed by atoms with van der Waals surface area (Å²) in [6.07, 6.45) is 0. The molecule has 29 heavy (non-hydrogen) atoms. The molecule has 0 N–H and O–H groups in total. The van der Waals surface area contributed by atoms with Crippen LogP contribution in [0.1, 0.15) is 5.56 Å². The van der Waals surface area contributed by atoms with Crippen molar-refractivity contribution in [1.29, 1.82) is 0 Å². The van der Waals surface area contributed by atoms with Crippen molar-refractivity contribution in [1.82, 2.24) is 14.8 Å². The number of hydrogen-bond donors (Lipinski definition) is 0. The maximum atomic E-state index is 13.6. The van der Waals surface area contributed by atoms with Crippen molar-refractivity contribution in [3.8, 4) is 5.75 Å². The van der Waals surface area contributed by atoms with E-state index in [2.05, 4.69) is 9.88 Å². The van der Waals surface area contributed by atoms with Crippen LogP contribution in [0.4, 0.5) is 4.39 Å². The molecule has 0 radical (unpaired) electrons. The second-order valence-corrected chi connectivity index (χ2v) is 9.10. The van der Waals surface area contributed by atoms with Gasteiger partial charge in [0.25, 0.3) is 0 Å². The van der Waals surface area contributed by atoms with E-state index in [0.717, 1.165) is 33.2 Å². The lowest BCUT2D eigenvalue weighted by Gasteiger charge is -2.34. The van der Waals surface area contributed by atoms with Gasteiger partial charge in [-0.3, -0.25) is 9.69 Å². The first kappa shape index (κ1) is 20.1. The fourth-order valence-corrected chi connectivity index (χ4v) is 5.37. The third-order valence-corrected chi connectivity index (χ3v) is 7.12. The van der Waals surface area contributed by atoms with E-state index >= 15 is 0 Å². The third-order valence-electron chi connectivity index (χ3n) is 4.95. The summed E-state index contributed by atoms with van der Waals surface area (Å²) in [5, 5.41) is 0. The molecule has 0 saturated carbocycles. The van der Waals surface area contributed by atoms with Crippen molar-refractivity contribution in [3.63, 3.8) is 0 Å². The Morgan fingerprint density at radius 3 is 2.76 bits per heavy atom. The quantitative estimate of drug-likeness (QED) is 0.555. The van der Waals surface area contributed by atoms with Crippen LogP contribution in [0.15, 0.2) is 46.8 Å². The molecular formula is C21H22FN3O2S2. The van der Waals surface area contributed by atoms with E-state index in [-0.39, 0.29) is 11.7 Å². The molecule has 152 valence electrons. The van der Waals surface area contributed by atoms with E-state index in [4.69, 9.17) is 4.74 Å². The average molecular weight is 432 g/mol. The number of piperazine rings is 1. The Hall–Kier alpha value is -2.16. The SMILES string of the molecule is COc1ccc(F)cc1CN1CCN(C(=O)CSc2nc3ccccc3s2)CC1. The number of ether oxygens (including phenoxy) is 1. The summed E-state index contributed by atoms with van der Waals surface area (Å²) in [5.74, 6) is 0.966. The van der Waals surface area contributed by atoms with Crippen LogP contribution in [-0.4, -0.2) is 59.7 Å². The van der Waals surface area contributed by atoms with Crippen LogP contribution in [0.3, 0.4) is 0 Å². The number of carbonyl (C=O) groups is 1. The summed E-state index contributed by atoms with van der Waals surface area (Å²) in [7, 11) is 1.59. The second kappa shape index (κ2) is 9.11. The number of fused-ring (bicyclic) bond motifs is 1. The van der Waals surface area contributed by atoms with Crippen LogP contribution in [0.25, 0.3) is 10.2 Å². The number of benzene rings is 2. The van der Waals surface area contributed by atoms with E-state index in [1.807, 2.05) is 29.2 Å². The van der Waals surface area contributed by atoms with Gasteiger partial charge in [-0.2, -0.15) is 0 Å². The zero-order chi connectivity index (χ0) is 20.2. The van der Waals surface area contributed by atoms with Crippen LogP contribution in [-0.2, 0) is 11.3 Å². The number of rotatable bonds is 6. The fraction of sp³-hybridized carbons (Fsp3) is 0.333. The zero-order valence-electron chi connectivity index (χ0n) is 16.1. The Morgan fingerprint density at radius 2 is 2.00 bits per heavy atom. The number of halogens is 1. The number of aromatic nitrogens is 1. The molecule has 0 spiro atoms.